The predicted molar refractivity (Wildman–Crippen MR) is 80.9 cm³/mol. The first-order valence-corrected chi connectivity index (χ1v) is 7.62. The van der Waals surface area contributed by atoms with Crippen molar-refractivity contribution in [2.24, 2.45) is 0 Å². The van der Waals surface area contributed by atoms with E-state index in [0.29, 0.717) is 6.04 Å². The second kappa shape index (κ2) is 6.69. The Kier molecular flexibility index (Phi) is 5.22. The van der Waals surface area contributed by atoms with Gasteiger partial charge in [-0.2, -0.15) is 0 Å². The summed E-state index contributed by atoms with van der Waals surface area (Å²) in [5.74, 6) is 0. The monoisotopic (exact) mass is 310 g/mol. The molecule has 1 atom stereocenters. The second-order valence-electron chi connectivity index (χ2n) is 5.34. The van der Waals surface area contributed by atoms with E-state index in [9.17, 15) is 0 Å². The van der Waals surface area contributed by atoms with Gasteiger partial charge >= 0.3 is 0 Å². The summed E-state index contributed by atoms with van der Waals surface area (Å²) < 4.78 is 1.24. The maximum atomic E-state index is 3.68. The molecule has 100 valence electrons. The van der Waals surface area contributed by atoms with Crippen LogP contribution >= 0.6 is 15.9 Å². The highest BCUT2D eigenvalue weighted by molar-refractivity contribution is 9.10. The summed E-state index contributed by atoms with van der Waals surface area (Å²) in [5.41, 5.74) is 2.70. The van der Waals surface area contributed by atoms with Gasteiger partial charge in [0.25, 0.3) is 0 Å². The first-order chi connectivity index (χ1) is 8.66. The molecule has 3 heteroatoms. The molecule has 1 aliphatic rings. The molecular formula is C15H23BrN2. The van der Waals surface area contributed by atoms with Crippen LogP contribution in [0.4, 0.5) is 0 Å². The highest BCUT2D eigenvalue weighted by atomic mass is 79.9. The zero-order valence-electron chi connectivity index (χ0n) is 11.4. The Balaban J connectivity index is 1.98. The minimum absolute atomic E-state index is 0.716. The van der Waals surface area contributed by atoms with Crippen molar-refractivity contribution in [1.82, 2.24) is 10.2 Å². The number of nitrogens with one attached hydrogen (secondary N) is 1. The fourth-order valence-corrected chi connectivity index (χ4v) is 3.24. The lowest BCUT2D eigenvalue weighted by Crippen LogP contribution is -2.32. The van der Waals surface area contributed by atoms with Crippen molar-refractivity contribution < 1.29 is 0 Å². The fraction of sp³-hybridized carbons (Fsp3) is 0.600. The molecule has 0 amide bonds. The molecule has 1 aromatic carbocycles. The van der Waals surface area contributed by atoms with Gasteiger partial charge in [0.1, 0.15) is 0 Å². The van der Waals surface area contributed by atoms with Gasteiger partial charge < -0.3 is 5.32 Å². The average molecular weight is 311 g/mol. The quantitative estimate of drug-likeness (QED) is 0.921. The van der Waals surface area contributed by atoms with E-state index in [4.69, 9.17) is 0 Å². The predicted octanol–water partition coefficient (Wildman–Crippen LogP) is 3.33. The van der Waals surface area contributed by atoms with Crippen LogP contribution in [0.1, 0.15) is 30.4 Å². The summed E-state index contributed by atoms with van der Waals surface area (Å²) >= 11 is 3.68. The molecule has 0 aromatic heterocycles. The smallest absolute Gasteiger partial charge is 0.0244 e. The van der Waals surface area contributed by atoms with Crippen LogP contribution < -0.4 is 5.32 Å². The third-order valence-corrected chi connectivity index (χ3v) is 4.54. The first-order valence-electron chi connectivity index (χ1n) is 6.83. The zero-order valence-corrected chi connectivity index (χ0v) is 13.0. The van der Waals surface area contributed by atoms with E-state index in [2.05, 4.69) is 58.3 Å². The van der Waals surface area contributed by atoms with Crippen LogP contribution in [0.25, 0.3) is 0 Å². The number of halogens is 1. The Morgan fingerprint density at radius 1 is 1.33 bits per heavy atom. The third-order valence-electron chi connectivity index (χ3n) is 3.80. The van der Waals surface area contributed by atoms with E-state index >= 15 is 0 Å². The lowest BCUT2D eigenvalue weighted by Gasteiger charge is -2.27. The maximum absolute atomic E-state index is 3.68. The molecule has 1 aromatic rings. The molecule has 0 aliphatic carbocycles. The van der Waals surface area contributed by atoms with E-state index in [-0.39, 0.29) is 0 Å². The molecule has 1 N–H and O–H groups in total. The minimum Gasteiger partial charge on any atom is -0.317 e. The molecule has 1 aliphatic heterocycles. The van der Waals surface area contributed by atoms with Gasteiger partial charge in [-0.3, -0.25) is 4.90 Å². The molecule has 0 radical (unpaired) electrons. The van der Waals surface area contributed by atoms with E-state index in [1.165, 1.54) is 41.4 Å². The van der Waals surface area contributed by atoms with Gasteiger partial charge in [-0.05, 0) is 63.5 Å². The van der Waals surface area contributed by atoms with Crippen LogP contribution in [0.15, 0.2) is 22.7 Å². The van der Waals surface area contributed by atoms with Crippen LogP contribution in [-0.4, -0.2) is 31.1 Å². The topological polar surface area (TPSA) is 15.3 Å². The zero-order chi connectivity index (χ0) is 13.0. The summed E-state index contributed by atoms with van der Waals surface area (Å²) in [6, 6.07) is 7.36. The molecule has 2 rings (SSSR count). The van der Waals surface area contributed by atoms with Crippen LogP contribution in [0, 0.1) is 6.92 Å². The second-order valence-corrected chi connectivity index (χ2v) is 6.20. The first kappa shape index (κ1) is 14.0. The maximum Gasteiger partial charge on any atom is 0.0244 e. The average Bonchev–Trinajstić information content (AvgIpc) is 2.61. The van der Waals surface area contributed by atoms with E-state index in [1.54, 1.807) is 0 Å². The number of benzene rings is 1. The van der Waals surface area contributed by atoms with Crippen LogP contribution in [0.3, 0.4) is 0 Å². The molecule has 18 heavy (non-hydrogen) atoms. The summed E-state index contributed by atoms with van der Waals surface area (Å²) in [5, 5.41) is 3.48. The van der Waals surface area contributed by atoms with Gasteiger partial charge in [0.2, 0.25) is 0 Å². The van der Waals surface area contributed by atoms with E-state index in [1.807, 2.05) is 0 Å². The molecule has 1 heterocycles. The van der Waals surface area contributed by atoms with E-state index in [0.717, 1.165) is 13.1 Å². The SMILES string of the molecule is Cc1ccc(CN(C)C2CCCNCC2)c(Br)c1. The standard InChI is InChI=1S/C15H23BrN2/c1-12-5-6-13(15(16)10-12)11-18(2)14-4-3-8-17-9-7-14/h5-6,10,14,17H,3-4,7-9,11H2,1-2H3. The lowest BCUT2D eigenvalue weighted by molar-refractivity contribution is 0.216. The number of nitrogens with zero attached hydrogens (tertiary/aromatic N) is 1. The molecule has 1 unspecified atom stereocenters. The molecular weight excluding hydrogens is 288 g/mol. The van der Waals surface area contributed by atoms with Gasteiger partial charge in [0.05, 0.1) is 0 Å². The Morgan fingerprint density at radius 3 is 2.94 bits per heavy atom. The van der Waals surface area contributed by atoms with Gasteiger partial charge in [-0.25, -0.2) is 0 Å². The lowest BCUT2D eigenvalue weighted by atomic mass is 10.1. The van der Waals surface area contributed by atoms with Gasteiger partial charge in [0.15, 0.2) is 0 Å². The summed E-state index contributed by atoms with van der Waals surface area (Å²) in [4.78, 5) is 2.50. The highest BCUT2D eigenvalue weighted by Gasteiger charge is 2.17. The summed E-state index contributed by atoms with van der Waals surface area (Å²) in [6.07, 6.45) is 3.87. The third kappa shape index (κ3) is 3.81. The summed E-state index contributed by atoms with van der Waals surface area (Å²) in [7, 11) is 2.25. The Labute approximate surface area is 119 Å². The van der Waals surface area contributed by atoms with Crippen molar-refractivity contribution in [1.29, 1.82) is 0 Å². The fourth-order valence-electron chi connectivity index (χ4n) is 2.62. The number of rotatable bonds is 3. The van der Waals surface area contributed by atoms with Crippen LogP contribution in [0.5, 0.6) is 0 Å². The molecule has 2 nitrogen and oxygen atoms in total. The van der Waals surface area contributed by atoms with Crippen molar-refractivity contribution in [2.45, 2.75) is 38.8 Å². The molecule has 0 spiro atoms. The number of hydrogen-bond donors (Lipinski definition) is 1. The van der Waals surface area contributed by atoms with Crippen molar-refractivity contribution in [3.05, 3.63) is 33.8 Å². The Hall–Kier alpha value is -0.380. The summed E-state index contributed by atoms with van der Waals surface area (Å²) in [6.45, 7) is 5.50. The molecule has 1 saturated heterocycles. The Morgan fingerprint density at radius 2 is 2.17 bits per heavy atom. The van der Waals surface area contributed by atoms with Crippen LogP contribution in [0.2, 0.25) is 0 Å². The number of aryl methyl sites for hydroxylation is 1. The minimum atomic E-state index is 0.716. The van der Waals surface area contributed by atoms with Gasteiger partial charge in [-0.1, -0.05) is 28.1 Å². The highest BCUT2D eigenvalue weighted by Crippen LogP contribution is 2.22. The molecule has 0 bridgehead atoms. The van der Waals surface area contributed by atoms with Crippen molar-refractivity contribution in [3.63, 3.8) is 0 Å². The van der Waals surface area contributed by atoms with Crippen LogP contribution in [-0.2, 0) is 6.54 Å². The van der Waals surface area contributed by atoms with Crippen molar-refractivity contribution in [2.75, 3.05) is 20.1 Å². The van der Waals surface area contributed by atoms with Crippen molar-refractivity contribution >= 4 is 15.9 Å². The van der Waals surface area contributed by atoms with Gasteiger partial charge in [-0.15, -0.1) is 0 Å². The van der Waals surface area contributed by atoms with Gasteiger partial charge in [0, 0.05) is 17.1 Å². The van der Waals surface area contributed by atoms with E-state index < -0.39 is 0 Å². The molecule has 0 saturated carbocycles. The normalized spacial score (nSPS) is 21.0. The molecule has 1 fully saturated rings. The number of hydrogen-bond acceptors (Lipinski definition) is 2. The van der Waals surface area contributed by atoms with Crippen molar-refractivity contribution in [3.8, 4) is 0 Å². The largest absolute Gasteiger partial charge is 0.317 e. The Bertz CT molecular complexity index is 384.